The Kier molecular flexibility index (Phi) is 6.44. The van der Waals surface area contributed by atoms with Gasteiger partial charge in [-0.3, -0.25) is 4.79 Å². The lowest BCUT2D eigenvalue weighted by Gasteiger charge is -2.13. The Bertz CT molecular complexity index is 351. The standard InChI is InChI=1S/C15H24N2O/c1-3-12(2)11-17-15(18)10-9-14(16)13-7-5-4-6-8-13/h4-8,12,14H,3,9-11,16H2,1-2H3,(H,17,18). The summed E-state index contributed by atoms with van der Waals surface area (Å²) in [4.78, 5) is 11.6. The maximum absolute atomic E-state index is 11.6. The van der Waals surface area contributed by atoms with E-state index >= 15 is 0 Å². The molecule has 1 rings (SSSR count). The van der Waals surface area contributed by atoms with Crippen molar-refractivity contribution in [1.29, 1.82) is 0 Å². The van der Waals surface area contributed by atoms with Gasteiger partial charge in [0.2, 0.25) is 5.91 Å². The summed E-state index contributed by atoms with van der Waals surface area (Å²) >= 11 is 0. The average molecular weight is 248 g/mol. The smallest absolute Gasteiger partial charge is 0.220 e. The first-order valence-electron chi connectivity index (χ1n) is 6.70. The van der Waals surface area contributed by atoms with Crippen LogP contribution in [-0.2, 0) is 4.79 Å². The van der Waals surface area contributed by atoms with Crippen LogP contribution >= 0.6 is 0 Å². The highest BCUT2D eigenvalue weighted by atomic mass is 16.1. The molecule has 0 spiro atoms. The second kappa shape index (κ2) is 7.88. The fourth-order valence-electron chi connectivity index (χ4n) is 1.67. The zero-order valence-electron chi connectivity index (χ0n) is 11.4. The molecule has 0 saturated carbocycles. The highest BCUT2D eigenvalue weighted by Gasteiger charge is 2.09. The molecule has 18 heavy (non-hydrogen) atoms. The molecule has 2 atom stereocenters. The van der Waals surface area contributed by atoms with Gasteiger partial charge in [-0.25, -0.2) is 0 Å². The van der Waals surface area contributed by atoms with Gasteiger partial charge in [-0.15, -0.1) is 0 Å². The van der Waals surface area contributed by atoms with Gasteiger partial charge < -0.3 is 11.1 Å². The van der Waals surface area contributed by atoms with Gasteiger partial charge in [0.1, 0.15) is 0 Å². The minimum absolute atomic E-state index is 0.0550. The molecule has 0 aromatic heterocycles. The monoisotopic (exact) mass is 248 g/mol. The number of nitrogens with two attached hydrogens (primary N) is 1. The van der Waals surface area contributed by atoms with Gasteiger partial charge in [0.25, 0.3) is 0 Å². The van der Waals surface area contributed by atoms with Crippen LogP contribution in [0.5, 0.6) is 0 Å². The normalized spacial score (nSPS) is 13.9. The molecule has 0 aliphatic carbocycles. The molecule has 1 aromatic rings. The van der Waals surface area contributed by atoms with Crippen LogP contribution in [0.3, 0.4) is 0 Å². The molecule has 0 aliphatic rings. The van der Waals surface area contributed by atoms with Crippen molar-refractivity contribution in [2.24, 2.45) is 11.7 Å². The molecule has 0 radical (unpaired) electrons. The van der Waals surface area contributed by atoms with Crippen LogP contribution in [-0.4, -0.2) is 12.5 Å². The molecule has 1 aromatic carbocycles. The van der Waals surface area contributed by atoms with E-state index in [1.54, 1.807) is 0 Å². The fraction of sp³-hybridized carbons (Fsp3) is 0.533. The van der Waals surface area contributed by atoms with Gasteiger partial charge in [0.05, 0.1) is 0 Å². The molecule has 3 heteroatoms. The minimum Gasteiger partial charge on any atom is -0.356 e. The van der Waals surface area contributed by atoms with E-state index in [0.29, 0.717) is 18.8 Å². The number of nitrogens with one attached hydrogen (secondary N) is 1. The van der Waals surface area contributed by atoms with Crippen molar-refractivity contribution in [3.8, 4) is 0 Å². The van der Waals surface area contributed by atoms with Crippen LogP contribution in [0.25, 0.3) is 0 Å². The molecule has 0 saturated heterocycles. The molecular formula is C15H24N2O. The summed E-state index contributed by atoms with van der Waals surface area (Å²) in [5.41, 5.74) is 7.14. The minimum atomic E-state index is -0.0550. The van der Waals surface area contributed by atoms with E-state index in [1.807, 2.05) is 30.3 Å². The highest BCUT2D eigenvalue weighted by molar-refractivity contribution is 5.75. The number of amides is 1. The van der Waals surface area contributed by atoms with Crippen LogP contribution in [0, 0.1) is 5.92 Å². The molecule has 100 valence electrons. The summed E-state index contributed by atoms with van der Waals surface area (Å²) in [6.45, 7) is 5.02. The van der Waals surface area contributed by atoms with E-state index in [-0.39, 0.29) is 11.9 Å². The lowest BCUT2D eigenvalue weighted by molar-refractivity contribution is -0.121. The van der Waals surface area contributed by atoms with Crippen LogP contribution < -0.4 is 11.1 Å². The zero-order valence-corrected chi connectivity index (χ0v) is 11.4. The van der Waals surface area contributed by atoms with E-state index < -0.39 is 0 Å². The Morgan fingerprint density at radius 3 is 2.61 bits per heavy atom. The second-order valence-corrected chi connectivity index (χ2v) is 4.87. The Morgan fingerprint density at radius 1 is 1.33 bits per heavy atom. The summed E-state index contributed by atoms with van der Waals surface area (Å²) < 4.78 is 0. The topological polar surface area (TPSA) is 55.1 Å². The lowest BCUT2D eigenvalue weighted by atomic mass is 10.0. The van der Waals surface area contributed by atoms with Gasteiger partial charge in [-0.2, -0.15) is 0 Å². The largest absolute Gasteiger partial charge is 0.356 e. The maximum atomic E-state index is 11.6. The second-order valence-electron chi connectivity index (χ2n) is 4.87. The van der Waals surface area contributed by atoms with Gasteiger partial charge in [0, 0.05) is 19.0 Å². The third-order valence-corrected chi connectivity index (χ3v) is 3.25. The molecule has 0 fully saturated rings. The lowest BCUT2D eigenvalue weighted by Crippen LogP contribution is -2.28. The summed E-state index contributed by atoms with van der Waals surface area (Å²) in [6.07, 6.45) is 2.27. The molecule has 1 amide bonds. The predicted octanol–water partition coefficient (Wildman–Crippen LogP) is 2.63. The third-order valence-electron chi connectivity index (χ3n) is 3.25. The fourth-order valence-corrected chi connectivity index (χ4v) is 1.67. The van der Waals surface area contributed by atoms with Crippen LogP contribution in [0.1, 0.15) is 44.7 Å². The van der Waals surface area contributed by atoms with Crippen LogP contribution in [0.4, 0.5) is 0 Å². The predicted molar refractivity (Wildman–Crippen MR) is 75.1 cm³/mol. The Balaban J connectivity index is 2.26. The van der Waals surface area contributed by atoms with E-state index in [2.05, 4.69) is 19.2 Å². The molecule has 2 unspecified atom stereocenters. The van der Waals surface area contributed by atoms with Crippen molar-refractivity contribution in [2.45, 2.75) is 39.2 Å². The molecule has 3 N–H and O–H groups in total. The first-order valence-corrected chi connectivity index (χ1v) is 6.70. The quantitative estimate of drug-likeness (QED) is 0.779. The number of carbonyl (C=O) groups excluding carboxylic acids is 1. The number of hydrogen-bond donors (Lipinski definition) is 2. The molecule has 0 heterocycles. The van der Waals surface area contributed by atoms with E-state index in [1.165, 1.54) is 0 Å². The number of carbonyl (C=O) groups is 1. The van der Waals surface area contributed by atoms with E-state index in [4.69, 9.17) is 5.73 Å². The van der Waals surface area contributed by atoms with Crippen molar-refractivity contribution in [3.05, 3.63) is 35.9 Å². The van der Waals surface area contributed by atoms with Crippen molar-refractivity contribution in [1.82, 2.24) is 5.32 Å². The zero-order chi connectivity index (χ0) is 13.4. The van der Waals surface area contributed by atoms with Gasteiger partial charge >= 0.3 is 0 Å². The van der Waals surface area contributed by atoms with Crippen molar-refractivity contribution in [2.75, 3.05) is 6.54 Å². The number of benzene rings is 1. The summed E-state index contributed by atoms with van der Waals surface area (Å²) in [6, 6.07) is 9.86. The third kappa shape index (κ3) is 5.32. The Morgan fingerprint density at radius 2 is 2.00 bits per heavy atom. The van der Waals surface area contributed by atoms with Crippen molar-refractivity contribution >= 4 is 5.91 Å². The van der Waals surface area contributed by atoms with Crippen LogP contribution in [0.15, 0.2) is 30.3 Å². The van der Waals surface area contributed by atoms with Crippen LogP contribution in [0.2, 0.25) is 0 Å². The number of hydrogen-bond acceptors (Lipinski definition) is 2. The average Bonchev–Trinajstić information content (AvgIpc) is 2.42. The first kappa shape index (κ1) is 14.7. The molecule has 0 aliphatic heterocycles. The summed E-state index contributed by atoms with van der Waals surface area (Å²) in [7, 11) is 0. The van der Waals surface area contributed by atoms with Gasteiger partial charge in [-0.1, -0.05) is 50.6 Å². The van der Waals surface area contributed by atoms with Gasteiger partial charge in [0.15, 0.2) is 0 Å². The Labute approximate surface area is 110 Å². The maximum Gasteiger partial charge on any atom is 0.220 e. The molecular weight excluding hydrogens is 224 g/mol. The van der Waals surface area contributed by atoms with Gasteiger partial charge in [-0.05, 0) is 17.9 Å². The first-order chi connectivity index (χ1) is 8.63. The molecule has 3 nitrogen and oxygen atoms in total. The SMILES string of the molecule is CCC(C)CNC(=O)CCC(N)c1ccccc1. The Hall–Kier alpha value is -1.35. The van der Waals surface area contributed by atoms with E-state index in [0.717, 1.165) is 18.5 Å². The van der Waals surface area contributed by atoms with Crippen molar-refractivity contribution in [3.63, 3.8) is 0 Å². The molecule has 0 bridgehead atoms. The number of rotatable bonds is 7. The van der Waals surface area contributed by atoms with Crippen molar-refractivity contribution < 1.29 is 4.79 Å². The highest BCUT2D eigenvalue weighted by Crippen LogP contribution is 2.14. The summed E-state index contributed by atoms with van der Waals surface area (Å²) in [5.74, 6) is 0.637. The van der Waals surface area contributed by atoms with E-state index in [9.17, 15) is 4.79 Å². The summed E-state index contributed by atoms with van der Waals surface area (Å²) in [5, 5.41) is 2.95.